The van der Waals surface area contributed by atoms with E-state index in [-0.39, 0.29) is 45.8 Å². The van der Waals surface area contributed by atoms with Crippen molar-refractivity contribution >= 4 is 40.7 Å². The molecule has 1 N–H and O–H groups in total. The third-order valence-electron chi connectivity index (χ3n) is 4.57. The standard InChI is InChI=1S/C20H18Cl2N2O5/c1-28-8-7-24-16(11-3-5-23-6-4-11)15(18(26)20(24)27)17(25)12-9-13(21)19(29-2)14(22)10-12/h3-6,9-10,16,25H,7-8H2,1-2H3/b17-15+. The number of carbonyl (C=O) groups is 2. The molecule has 1 amide bonds. The van der Waals surface area contributed by atoms with Gasteiger partial charge in [-0.05, 0) is 29.8 Å². The van der Waals surface area contributed by atoms with E-state index in [4.69, 9.17) is 32.7 Å². The average molecular weight is 437 g/mol. The van der Waals surface area contributed by atoms with Crippen molar-refractivity contribution in [3.8, 4) is 5.75 Å². The molecule has 1 atom stereocenters. The molecule has 1 fully saturated rings. The van der Waals surface area contributed by atoms with E-state index in [9.17, 15) is 14.7 Å². The molecule has 1 aliphatic heterocycles. The fraction of sp³-hybridized carbons (Fsp3) is 0.250. The lowest BCUT2D eigenvalue weighted by Crippen LogP contribution is -2.32. The summed E-state index contributed by atoms with van der Waals surface area (Å²) >= 11 is 12.3. The normalized spacial score (nSPS) is 18.3. The van der Waals surface area contributed by atoms with Crippen LogP contribution in [0.2, 0.25) is 10.0 Å². The number of ketones is 1. The topological polar surface area (TPSA) is 89.0 Å². The van der Waals surface area contributed by atoms with Gasteiger partial charge in [0.25, 0.3) is 11.7 Å². The SMILES string of the molecule is COCCN1C(=O)C(=O)/C(=C(/O)c2cc(Cl)c(OC)c(Cl)c2)C1c1ccncc1. The van der Waals surface area contributed by atoms with E-state index >= 15 is 0 Å². The van der Waals surface area contributed by atoms with Gasteiger partial charge in [0.15, 0.2) is 5.75 Å². The molecule has 2 heterocycles. The Bertz CT molecular complexity index is 955. The fourth-order valence-electron chi connectivity index (χ4n) is 3.24. The van der Waals surface area contributed by atoms with Crippen LogP contribution in [0.1, 0.15) is 17.2 Å². The van der Waals surface area contributed by atoms with Crippen LogP contribution in [0.3, 0.4) is 0 Å². The number of likely N-dealkylation sites (tertiary alicyclic amines) is 1. The van der Waals surface area contributed by atoms with Crippen molar-refractivity contribution in [2.45, 2.75) is 6.04 Å². The van der Waals surface area contributed by atoms with E-state index in [2.05, 4.69) is 4.98 Å². The van der Waals surface area contributed by atoms with Gasteiger partial charge in [-0.25, -0.2) is 0 Å². The number of aliphatic hydroxyl groups excluding tert-OH is 1. The summed E-state index contributed by atoms with van der Waals surface area (Å²) in [4.78, 5) is 30.8. The van der Waals surface area contributed by atoms with Crippen molar-refractivity contribution in [1.82, 2.24) is 9.88 Å². The molecule has 0 saturated carbocycles. The van der Waals surface area contributed by atoms with E-state index in [0.717, 1.165) is 0 Å². The maximum atomic E-state index is 12.8. The highest BCUT2D eigenvalue weighted by molar-refractivity contribution is 6.46. The van der Waals surface area contributed by atoms with Gasteiger partial charge in [-0.3, -0.25) is 14.6 Å². The zero-order valence-electron chi connectivity index (χ0n) is 15.7. The van der Waals surface area contributed by atoms with Crippen molar-refractivity contribution in [1.29, 1.82) is 0 Å². The van der Waals surface area contributed by atoms with Crippen molar-refractivity contribution in [3.63, 3.8) is 0 Å². The van der Waals surface area contributed by atoms with Gasteiger partial charge in [0, 0.05) is 31.6 Å². The minimum absolute atomic E-state index is 0.0606. The minimum atomic E-state index is -0.802. The number of pyridine rings is 1. The molecule has 1 unspecified atom stereocenters. The Balaban J connectivity index is 2.18. The van der Waals surface area contributed by atoms with Crippen LogP contribution in [-0.2, 0) is 14.3 Å². The molecule has 9 heteroatoms. The molecule has 0 radical (unpaired) electrons. The van der Waals surface area contributed by atoms with Crippen molar-refractivity contribution in [2.75, 3.05) is 27.4 Å². The van der Waals surface area contributed by atoms with E-state index in [0.29, 0.717) is 5.56 Å². The molecule has 152 valence electrons. The Morgan fingerprint density at radius 1 is 1.17 bits per heavy atom. The van der Waals surface area contributed by atoms with Crippen LogP contribution < -0.4 is 4.74 Å². The number of Topliss-reactive ketones (excluding diaryl/α,β-unsaturated/α-hetero) is 1. The molecule has 0 aliphatic carbocycles. The number of ether oxygens (including phenoxy) is 2. The predicted octanol–water partition coefficient (Wildman–Crippen LogP) is 3.47. The van der Waals surface area contributed by atoms with Gasteiger partial charge in [-0.15, -0.1) is 0 Å². The number of carbonyl (C=O) groups excluding carboxylic acids is 2. The summed E-state index contributed by atoms with van der Waals surface area (Å²) in [6.07, 6.45) is 3.10. The lowest BCUT2D eigenvalue weighted by atomic mass is 9.96. The Morgan fingerprint density at radius 3 is 2.34 bits per heavy atom. The van der Waals surface area contributed by atoms with Crippen molar-refractivity contribution in [2.24, 2.45) is 0 Å². The van der Waals surface area contributed by atoms with Crippen LogP contribution in [0, 0.1) is 0 Å². The van der Waals surface area contributed by atoms with Crippen LogP contribution >= 0.6 is 23.2 Å². The van der Waals surface area contributed by atoms with E-state index in [1.807, 2.05) is 0 Å². The number of nitrogens with zero attached hydrogens (tertiary/aromatic N) is 2. The van der Waals surface area contributed by atoms with Gasteiger partial charge in [0.2, 0.25) is 0 Å². The number of aromatic nitrogens is 1. The molecule has 0 spiro atoms. The van der Waals surface area contributed by atoms with E-state index in [1.54, 1.807) is 24.5 Å². The molecule has 3 rings (SSSR count). The first-order valence-electron chi connectivity index (χ1n) is 8.61. The molecule has 7 nitrogen and oxygen atoms in total. The largest absolute Gasteiger partial charge is 0.507 e. The second-order valence-corrected chi connectivity index (χ2v) is 7.05. The molecule has 1 aromatic heterocycles. The van der Waals surface area contributed by atoms with E-state index < -0.39 is 17.7 Å². The Morgan fingerprint density at radius 2 is 1.79 bits per heavy atom. The number of halogens is 2. The van der Waals surface area contributed by atoms with Crippen LogP contribution in [-0.4, -0.2) is 54.1 Å². The minimum Gasteiger partial charge on any atom is -0.507 e. The fourth-order valence-corrected chi connectivity index (χ4v) is 3.88. The third-order valence-corrected chi connectivity index (χ3v) is 5.14. The quantitative estimate of drug-likeness (QED) is 0.423. The highest BCUT2D eigenvalue weighted by atomic mass is 35.5. The summed E-state index contributed by atoms with van der Waals surface area (Å²) < 4.78 is 10.2. The zero-order valence-corrected chi connectivity index (χ0v) is 17.2. The second kappa shape index (κ2) is 8.82. The molecule has 1 saturated heterocycles. The van der Waals surface area contributed by atoms with Crippen LogP contribution in [0.4, 0.5) is 0 Å². The first-order chi connectivity index (χ1) is 13.9. The number of amides is 1. The zero-order chi connectivity index (χ0) is 21.1. The second-order valence-electron chi connectivity index (χ2n) is 6.24. The molecular formula is C20H18Cl2N2O5. The van der Waals surface area contributed by atoms with Crippen molar-refractivity contribution in [3.05, 3.63) is 63.4 Å². The van der Waals surface area contributed by atoms with Crippen LogP contribution in [0.5, 0.6) is 5.75 Å². The Labute approximate surface area is 177 Å². The summed E-state index contributed by atoms with van der Waals surface area (Å²) in [5, 5.41) is 11.3. The van der Waals surface area contributed by atoms with Crippen LogP contribution in [0.25, 0.3) is 5.76 Å². The highest BCUT2D eigenvalue weighted by Crippen LogP contribution is 2.41. The summed E-state index contributed by atoms with van der Waals surface area (Å²) in [6, 6.07) is 5.41. The molecule has 2 aromatic rings. The lowest BCUT2D eigenvalue weighted by Gasteiger charge is -2.24. The third kappa shape index (κ3) is 3.94. The molecule has 29 heavy (non-hydrogen) atoms. The summed E-state index contributed by atoms with van der Waals surface area (Å²) in [7, 11) is 2.91. The Hall–Kier alpha value is -2.61. The number of aliphatic hydroxyl groups is 1. The summed E-state index contributed by atoms with van der Waals surface area (Å²) in [6.45, 7) is 0.407. The van der Waals surface area contributed by atoms with Gasteiger partial charge in [0.05, 0.1) is 35.4 Å². The number of benzene rings is 1. The molecule has 1 aromatic carbocycles. The van der Waals surface area contributed by atoms with Gasteiger partial charge < -0.3 is 19.5 Å². The van der Waals surface area contributed by atoms with E-state index in [1.165, 1.54) is 31.3 Å². The number of rotatable bonds is 6. The molecule has 0 bridgehead atoms. The smallest absolute Gasteiger partial charge is 0.295 e. The molecule has 1 aliphatic rings. The number of hydrogen-bond acceptors (Lipinski definition) is 6. The highest BCUT2D eigenvalue weighted by Gasteiger charge is 2.45. The summed E-state index contributed by atoms with van der Waals surface area (Å²) in [5.41, 5.74) is 0.766. The van der Waals surface area contributed by atoms with Gasteiger partial charge in [-0.1, -0.05) is 23.2 Å². The average Bonchev–Trinajstić information content (AvgIpc) is 2.96. The van der Waals surface area contributed by atoms with Gasteiger partial charge in [-0.2, -0.15) is 0 Å². The monoisotopic (exact) mass is 436 g/mol. The maximum Gasteiger partial charge on any atom is 0.295 e. The van der Waals surface area contributed by atoms with Crippen LogP contribution in [0.15, 0.2) is 42.2 Å². The van der Waals surface area contributed by atoms with Crippen molar-refractivity contribution < 1.29 is 24.2 Å². The number of hydrogen-bond donors (Lipinski definition) is 1. The molecular weight excluding hydrogens is 419 g/mol. The lowest BCUT2D eigenvalue weighted by molar-refractivity contribution is -0.140. The van der Waals surface area contributed by atoms with Gasteiger partial charge >= 0.3 is 0 Å². The number of methoxy groups -OCH3 is 2. The first-order valence-corrected chi connectivity index (χ1v) is 9.37. The van der Waals surface area contributed by atoms with Gasteiger partial charge in [0.1, 0.15) is 5.76 Å². The summed E-state index contributed by atoms with van der Waals surface area (Å²) in [5.74, 6) is -1.66. The predicted molar refractivity (Wildman–Crippen MR) is 108 cm³/mol. The Kier molecular flexibility index (Phi) is 6.42. The maximum absolute atomic E-state index is 12.8. The first kappa shape index (κ1) is 21.1.